The van der Waals surface area contributed by atoms with E-state index >= 15 is 0 Å². The number of fused-ring (bicyclic) bond motifs is 1. The molecule has 0 atom stereocenters. The molecule has 6 nitrogen and oxygen atoms in total. The van der Waals surface area contributed by atoms with Crippen LogP contribution in [0.2, 0.25) is 0 Å². The molecule has 2 rings (SSSR count). The Morgan fingerprint density at radius 3 is 2.93 bits per heavy atom. The van der Waals surface area contributed by atoms with Crippen LogP contribution in [-0.4, -0.2) is 14.5 Å². The molecule has 14 heavy (non-hydrogen) atoms. The monoisotopic (exact) mass is 194 g/mol. The van der Waals surface area contributed by atoms with Crippen molar-refractivity contribution in [3.05, 3.63) is 16.7 Å². The van der Waals surface area contributed by atoms with Gasteiger partial charge < -0.3 is 14.7 Å². The zero-order valence-corrected chi connectivity index (χ0v) is 7.89. The number of hydrogen-bond donors (Lipinski definition) is 1. The maximum atomic E-state index is 11.3. The number of nitrogens with zero attached hydrogens (tertiary/aromatic N) is 3. The zero-order chi connectivity index (χ0) is 10.3. The van der Waals surface area contributed by atoms with Crippen LogP contribution < -0.4 is 11.4 Å². The van der Waals surface area contributed by atoms with Gasteiger partial charge in [-0.1, -0.05) is 0 Å². The quantitative estimate of drug-likeness (QED) is 0.716. The largest absolute Gasteiger partial charge is 0.388 e. The molecular formula is C8H10N4O2. The summed E-state index contributed by atoms with van der Waals surface area (Å²) >= 11 is 0. The topological polar surface area (TPSA) is 86.9 Å². The fraction of sp³-hybridized carbons (Fsp3) is 0.375. The third kappa shape index (κ3) is 1.15. The first-order valence-electron chi connectivity index (χ1n) is 4.22. The highest BCUT2D eigenvalue weighted by molar-refractivity contribution is 5.69. The zero-order valence-electron chi connectivity index (χ0n) is 7.89. The van der Waals surface area contributed by atoms with E-state index in [9.17, 15) is 4.79 Å². The minimum absolute atomic E-state index is 0.134. The van der Waals surface area contributed by atoms with Gasteiger partial charge in [0.15, 0.2) is 11.2 Å². The van der Waals surface area contributed by atoms with E-state index in [0.717, 1.165) is 0 Å². The van der Waals surface area contributed by atoms with Crippen molar-refractivity contribution in [2.24, 2.45) is 0 Å². The van der Waals surface area contributed by atoms with Gasteiger partial charge in [-0.2, -0.15) is 4.98 Å². The van der Waals surface area contributed by atoms with E-state index in [1.807, 2.05) is 13.8 Å². The average Bonchev–Trinajstić information content (AvgIpc) is 2.47. The van der Waals surface area contributed by atoms with Crippen molar-refractivity contribution >= 4 is 17.2 Å². The molecule has 0 amide bonds. The SMILES string of the molecule is CC(C)n1cnc2c(=O)oc(N)nc21. The summed E-state index contributed by atoms with van der Waals surface area (Å²) in [6.45, 7) is 3.93. The molecule has 0 aliphatic carbocycles. The third-order valence-electron chi connectivity index (χ3n) is 1.93. The van der Waals surface area contributed by atoms with Crippen molar-refractivity contribution in [1.82, 2.24) is 14.5 Å². The van der Waals surface area contributed by atoms with Gasteiger partial charge in [0.05, 0.1) is 6.33 Å². The van der Waals surface area contributed by atoms with E-state index in [1.54, 1.807) is 10.9 Å². The number of imidazole rings is 1. The van der Waals surface area contributed by atoms with Gasteiger partial charge in [0, 0.05) is 6.04 Å². The molecule has 0 saturated heterocycles. The van der Waals surface area contributed by atoms with E-state index in [4.69, 9.17) is 5.73 Å². The Bertz CT molecular complexity index is 526. The molecule has 2 N–H and O–H groups in total. The maximum Gasteiger partial charge on any atom is 0.368 e. The smallest absolute Gasteiger partial charge is 0.368 e. The van der Waals surface area contributed by atoms with Gasteiger partial charge in [0.2, 0.25) is 0 Å². The number of nitrogen functional groups attached to an aromatic ring is 1. The Hall–Kier alpha value is -1.85. The molecule has 0 radical (unpaired) electrons. The second-order valence-electron chi connectivity index (χ2n) is 3.26. The van der Waals surface area contributed by atoms with Crippen molar-refractivity contribution in [2.75, 3.05) is 5.73 Å². The molecule has 74 valence electrons. The van der Waals surface area contributed by atoms with Gasteiger partial charge in [-0.3, -0.25) is 0 Å². The Labute approximate surface area is 79.4 Å². The van der Waals surface area contributed by atoms with E-state index in [1.165, 1.54) is 0 Å². The lowest BCUT2D eigenvalue weighted by atomic mass is 10.4. The standard InChI is InChI=1S/C8H10N4O2/c1-4(2)12-3-10-5-6(12)11-8(9)14-7(5)13/h3-4H,1-2H3,(H2,9,11). The van der Waals surface area contributed by atoms with E-state index in [-0.39, 0.29) is 17.6 Å². The first-order chi connectivity index (χ1) is 6.59. The molecule has 0 aliphatic heterocycles. The molecule has 2 heterocycles. The van der Waals surface area contributed by atoms with Crippen molar-refractivity contribution in [3.63, 3.8) is 0 Å². The summed E-state index contributed by atoms with van der Waals surface area (Å²) < 4.78 is 6.39. The second-order valence-corrected chi connectivity index (χ2v) is 3.26. The molecule has 0 unspecified atom stereocenters. The Morgan fingerprint density at radius 1 is 1.57 bits per heavy atom. The van der Waals surface area contributed by atoms with Crippen LogP contribution in [0.3, 0.4) is 0 Å². The van der Waals surface area contributed by atoms with E-state index < -0.39 is 5.63 Å². The first-order valence-corrected chi connectivity index (χ1v) is 4.22. The second kappa shape index (κ2) is 2.83. The molecule has 0 fully saturated rings. The van der Waals surface area contributed by atoms with Crippen LogP contribution >= 0.6 is 0 Å². The molecule has 0 spiro atoms. The number of anilines is 1. The van der Waals surface area contributed by atoms with Crippen molar-refractivity contribution in [3.8, 4) is 0 Å². The van der Waals surface area contributed by atoms with E-state index in [2.05, 4.69) is 14.4 Å². The summed E-state index contributed by atoms with van der Waals surface area (Å²) in [6.07, 6.45) is 1.55. The molecule has 0 aliphatic rings. The van der Waals surface area contributed by atoms with Gasteiger partial charge in [-0.05, 0) is 13.8 Å². The molecule has 0 saturated carbocycles. The van der Waals surface area contributed by atoms with Crippen molar-refractivity contribution in [1.29, 1.82) is 0 Å². The Balaban J connectivity index is 2.85. The Kier molecular flexibility index (Phi) is 1.77. The predicted octanol–water partition coefficient (Wildman–Crippen LogP) is 0.548. The molecule has 2 aromatic rings. The summed E-state index contributed by atoms with van der Waals surface area (Å²) in [5.41, 5.74) is 5.47. The average molecular weight is 194 g/mol. The molecule has 0 bridgehead atoms. The van der Waals surface area contributed by atoms with Crippen molar-refractivity contribution in [2.45, 2.75) is 19.9 Å². The van der Waals surface area contributed by atoms with Crippen LogP contribution in [0, 0.1) is 0 Å². The minimum atomic E-state index is -0.549. The highest BCUT2D eigenvalue weighted by atomic mass is 16.4. The highest BCUT2D eigenvalue weighted by Crippen LogP contribution is 2.13. The van der Waals surface area contributed by atoms with E-state index in [0.29, 0.717) is 5.65 Å². The predicted molar refractivity (Wildman–Crippen MR) is 50.9 cm³/mol. The number of rotatable bonds is 1. The van der Waals surface area contributed by atoms with Crippen LogP contribution in [0.15, 0.2) is 15.5 Å². The number of aromatic nitrogens is 3. The summed E-state index contributed by atoms with van der Waals surface area (Å²) in [7, 11) is 0. The highest BCUT2D eigenvalue weighted by Gasteiger charge is 2.11. The molecular weight excluding hydrogens is 184 g/mol. The fourth-order valence-electron chi connectivity index (χ4n) is 1.26. The fourth-order valence-corrected chi connectivity index (χ4v) is 1.26. The lowest BCUT2D eigenvalue weighted by molar-refractivity contribution is 0.520. The summed E-state index contributed by atoms with van der Waals surface area (Å²) in [4.78, 5) is 19.1. The summed E-state index contributed by atoms with van der Waals surface area (Å²) in [6, 6.07) is 0.0404. The van der Waals surface area contributed by atoms with Gasteiger partial charge >= 0.3 is 5.63 Å². The Morgan fingerprint density at radius 2 is 2.29 bits per heavy atom. The summed E-state index contributed by atoms with van der Waals surface area (Å²) in [5.74, 6) is 0. The third-order valence-corrected chi connectivity index (χ3v) is 1.93. The van der Waals surface area contributed by atoms with Crippen LogP contribution in [0.4, 0.5) is 6.01 Å². The van der Waals surface area contributed by atoms with Crippen LogP contribution in [0.25, 0.3) is 11.2 Å². The van der Waals surface area contributed by atoms with Crippen LogP contribution in [0.5, 0.6) is 0 Å². The van der Waals surface area contributed by atoms with Gasteiger partial charge in [0.25, 0.3) is 6.01 Å². The van der Waals surface area contributed by atoms with Crippen molar-refractivity contribution < 1.29 is 4.42 Å². The maximum absolute atomic E-state index is 11.3. The number of nitrogens with two attached hydrogens (primary N) is 1. The first kappa shape index (κ1) is 8.74. The number of hydrogen-bond acceptors (Lipinski definition) is 5. The molecule has 0 aromatic carbocycles. The van der Waals surface area contributed by atoms with Gasteiger partial charge in [0.1, 0.15) is 0 Å². The summed E-state index contributed by atoms with van der Waals surface area (Å²) in [5, 5.41) is 0. The van der Waals surface area contributed by atoms with Crippen LogP contribution in [0.1, 0.15) is 19.9 Å². The van der Waals surface area contributed by atoms with Gasteiger partial charge in [-0.15, -0.1) is 0 Å². The van der Waals surface area contributed by atoms with Crippen LogP contribution in [-0.2, 0) is 0 Å². The minimum Gasteiger partial charge on any atom is -0.388 e. The van der Waals surface area contributed by atoms with Gasteiger partial charge in [-0.25, -0.2) is 9.78 Å². The normalized spacial score (nSPS) is 11.4. The molecule has 2 aromatic heterocycles. The molecule has 6 heteroatoms. The lowest BCUT2D eigenvalue weighted by Gasteiger charge is -2.05. The lowest BCUT2D eigenvalue weighted by Crippen LogP contribution is -2.07.